The maximum absolute atomic E-state index is 4.58. The van der Waals surface area contributed by atoms with Crippen molar-refractivity contribution < 1.29 is 0 Å². The van der Waals surface area contributed by atoms with Gasteiger partial charge in [-0.15, -0.1) is 35.3 Å². The zero-order valence-electron chi connectivity index (χ0n) is 12.3. The molecule has 3 aromatic rings. The second kappa shape index (κ2) is 9.26. The predicted molar refractivity (Wildman–Crippen MR) is 106 cm³/mol. The molecule has 0 unspecified atom stereocenters. The number of aromatic amines is 1. The molecule has 0 atom stereocenters. The van der Waals surface area contributed by atoms with Crippen molar-refractivity contribution in [2.24, 2.45) is 4.99 Å². The van der Waals surface area contributed by atoms with Gasteiger partial charge in [0.05, 0.1) is 11.2 Å². The molecule has 0 amide bonds. The summed E-state index contributed by atoms with van der Waals surface area (Å²) in [6.07, 6.45) is 4.33. The number of aliphatic imine (C=N–C) groups is 1. The Kier molecular flexibility index (Phi) is 7.01. The maximum Gasteiger partial charge on any atom is 0.201 e. The Bertz CT molecular complexity index is 697. The highest BCUT2D eigenvalue weighted by molar-refractivity contribution is 14.0. The Morgan fingerprint density at radius 1 is 1.13 bits per heavy atom. The first-order valence-electron chi connectivity index (χ1n) is 6.91. The molecule has 3 rings (SSSR count). The lowest BCUT2D eigenvalue weighted by molar-refractivity contribution is 0.951. The van der Waals surface area contributed by atoms with Crippen molar-refractivity contribution in [2.45, 2.75) is 6.42 Å². The first kappa shape index (κ1) is 17.4. The zero-order valence-corrected chi connectivity index (χ0v) is 15.4. The summed E-state index contributed by atoms with van der Waals surface area (Å²) in [7, 11) is 0. The number of para-hydroxylation sites is 1. The minimum Gasteiger partial charge on any atom is -0.326 e. The average Bonchev–Trinajstić information content (AvgIpc) is 3.22. The highest BCUT2D eigenvalue weighted by atomic mass is 127. The second-order valence-corrected chi connectivity index (χ2v) is 5.47. The summed E-state index contributed by atoms with van der Waals surface area (Å²) in [5.41, 5.74) is 0.975. The zero-order chi connectivity index (χ0) is 15.0. The van der Waals surface area contributed by atoms with Crippen LogP contribution in [0, 0.1) is 0 Å². The molecule has 3 N–H and O–H groups in total. The molecule has 8 heteroatoms. The van der Waals surface area contributed by atoms with Gasteiger partial charge in [-0.05, 0) is 12.1 Å². The number of nitrogens with zero attached hydrogens (tertiary/aromatic N) is 3. The Morgan fingerprint density at radius 3 is 2.70 bits per heavy atom. The van der Waals surface area contributed by atoms with Crippen molar-refractivity contribution in [3.8, 4) is 0 Å². The van der Waals surface area contributed by atoms with Gasteiger partial charge in [-0.3, -0.25) is 10.1 Å². The first-order valence-corrected chi connectivity index (χ1v) is 7.79. The van der Waals surface area contributed by atoms with E-state index in [1.165, 1.54) is 0 Å². The van der Waals surface area contributed by atoms with Gasteiger partial charge in [-0.25, -0.2) is 4.98 Å². The molecule has 0 aliphatic carbocycles. The number of aromatic nitrogens is 3. The van der Waals surface area contributed by atoms with Crippen molar-refractivity contribution in [1.29, 1.82) is 0 Å². The van der Waals surface area contributed by atoms with Gasteiger partial charge in [-0.2, -0.15) is 5.10 Å². The van der Waals surface area contributed by atoms with Gasteiger partial charge in [0.1, 0.15) is 5.82 Å². The number of anilines is 2. The van der Waals surface area contributed by atoms with Crippen LogP contribution in [0.4, 0.5) is 11.5 Å². The van der Waals surface area contributed by atoms with Gasteiger partial charge in [-0.1, -0.05) is 18.2 Å². The molecule has 0 spiro atoms. The Balaban J connectivity index is 0.00000192. The molecular weight excluding hydrogens is 423 g/mol. The molecule has 2 aromatic heterocycles. The number of guanidine groups is 1. The molecule has 0 saturated carbocycles. The molecule has 0 fully saturated rings. The Hall–Kier alpha value is -1.94. The monoisotopic (exact) mass is 440 g/mol. The summed E-state index contributed by atoms with van der Waals surface area (Å²) < 4.78 is 0. The third kappa shape index (κ3) is 5.64. The van der Waals surface area contributed by atoms with Crippen LogP contribution in [0.2, 0.25) is 0 Å². The molecule has 0 aliphatic heterocycles. The Labute approximate surface area is 155 Å². The summed E-state index contributed by atoms with van der Waals surface area (Å²) in [5.74, 6) is 1.46. The topological polar surface area (TPSA) is 78.0 Å². The van der Waals surface area contributed by atoms with E-state index in [2.05, 4.69) is 30.8 Å². The molecular formula is C15H17IN6S. The van der Waals surface area contributed by atoms with Crippen molar-refractivity contribution in [1.82, 2.24) is 15.2 Å². The maximum atomic E-state index is 4.58. The second-order valence-electron chi connectivity index (χ2n) is 4.49. The average molecular weight is 440 g/mol. The van der Waals surface area contributed by atoms with E-state index in [9.17, 15) is 0 Å². The molecule has 2 heterocycles. The smallest absolute Gasteiger partial charge is 0.201 e. The van der Waals surface area contributed by atoms with Crippen LogP contribution in [0.15, 0.2) is 59.2 Å². The van der Waals surface area contributed by atoms with Crippen molar-refractivity contribution in [2.75, 3.05) is 17.2 Å². The fraction of sp³-hybridized carbons (Fsp3) is 0.133. The fourth-order valence-corrected chi connectivity index (χ4v) is 2.47. The number of halogens is 1. The molecule has 120 valence electrons. The normalized spacial score (nSPS) is 10.9. The lowest BCUT2D eigenvalue weighted by Crippen LogP contribution is -2.23. The first-order chi connectivity index (χ1) is 10.9. The summed E-state index contributed by atoms with van der Waals surface area (Å²) in [6, 6.07) is 11.8. The molecule has 1 aromatic carbocycles. The van der Waals surface area contributed by atoms with E-state index < -0.39 is 0 Å². The van der Waals surface area contributed by atoms with E-state index in [1.807, 2.05) is 48.0 Å². The van der Waals surface area contributed by atoms with Crippen LogP contribution in [-0.4, -0.2) is 27.7 Å². The Morgan fingerprint density at radius 2 is 2.00 bits per heavy atom. The summed E-state index contributed by atoms with van der Waals surface area (Å²) >= 11 is 1.65. The highest BCUT2D eigenvalue weighted by Gasteiger charge is 2.02. The van der Waals surface area contributed by atoms with E-state index in [4.69, 9.17) is 0 Å². The standard InChI is InChI=1S/C15H16N6S.HI/c1-2-4-12(5-3-1)19-15(20-13-6-9-18-21-13)17-8-7-14-16-10-11-22-14;/h1-6,9-11H,7-8H2,(H3,17,18,19,20,21);1H. The SMILES string of the molecule is I.c1ccc(NC(=NCCc2nccs2)Nc2ccn[nH]2)cc1. The summed E-state index contributed by atoms with van der Waals surface area (Å²) in [4.78, 5) is 8.85. The van der Waals surface area contributed by atoms with E-state index in [0.29, 0.717) is 12.5 Å². The third-order valence-corrected chi connectivity index (χ3v) is 3.71. The van der Waals surface area contributed by atoms with Crippen LogP contribution < -0.4 is 10.6 Å². The van der Waals surface area contributed by atoms with Crippen LogP contribution in [0.25, 0.3) is 0 Å². The fourth-order valence-electron chi connectivity index (χ4n) is 1.86. The van der Waals surface area contributed by atoms with Gasteiger partial charge in [0, 0.05) is 36.3 Å². The molecule has 23 heavy (non-hydrogen) atoms. The number of H-pyrrole nitrogens is 1. The molecule has 0 aliphatic rings. The number of hydrogen-bond acceptors (Lipinski definition) is 4. The van der Waals surface area contributed by atoms with Gasteiger partial charge in [0.2, 0.25) is 5.96 Å². The molecule has 0 saturated heterocycles. The van der Waals surface area contributed by atoms with Crippen LogP contribution in [0.1, 0.15) is 5.01 Å². The minimum absolute atomic E-state index is 0. The van der Waals surface area contributed by atoms with Gasteiger partial charge in [0.25, 0.3) is 0 Å². The summed E-state index contributed by atoms with van der Waals surface area (Å²) in [5, 5.41) is 16.3. The van der Waals surface area contributed by atoms with E-state index in [1.54, 1.807) is 17.5 Å². The number of thiazole rings is 1. The van der Waals surface area contributed by atoms with Crippen LogP contribution in [0.3, 0.4) is 0 Å². The quantitative estimate of drug-likeness (QED) is 0.322. The molecule has 0 bridgehead atoms. The largest absolute Gasteiger partial charge is 0.326 e. The van der Waals surface area contributed by atoms with Gasteiger partial charge < -0.3 is 10.6 Å². The van der Waals surface area contributed by atoms with Gasteiger partial charge >= 0.3 is 0 Å². The van der Waals surface area contributed by atoms with E-state index in [0.717, 1.165) is 22.9 Å². The molecule has 0 radical (unpaired) electrons. The van der Waals surface area contributed by atoms with Crippen molar-refractivity contribution >= 4 is 52.8 Å². The molecule has 6 nitrogen and oxygen atoms in total. The predicted octanol–water partition coefficient (Wildman–Crippen LogP) is 3.61. The number of benzene rings is 1. The van der Waals surface area contributed by atoms with Crippen LogP contribution >= 0.6 is 35.3 Å². The number of hydrogen-bond donors (Lipinski definition) is 3. The number of nitrogens with one attached hydrogen (secondary N) is 3. The van der Waals surface area contributed by atoms with Crippen LogP contribution in [0.5, 0.6) is 0 Å². The minimum atomic E-state index is 0. The summed E-state index contributed by atoms with van der Waals surface area (Å²) in [6.45, 7) is 0.657. The van der Waals surface area contributed by atoms with Gasteiger partial charge in [0.15, 0.2) is 0 Å². The lowest BCUT2D eigenvalue weighted by Gasteiger charge is -2.11. The van der Waals surface area contributed by atoms with E-state index >= 15 is 0 Å². The third-order valence-electron chi connectivity index (χ3n) is 2.87. The van der Waals surface area contributed by atoms with Crippen molar-refractivity contribution in [3.05, 3.63) is 59.2 Å². The highest BCUT2D eigenvalue weighted by Crippen LogP contribution is 2.08. The van der Waals surface area contributed by atoms with Crippen molar-refractivity contribution in [3.63, 3.8) is 0 Å². The lowest BCUT2D eigenvalue weighted by atomic mass is 10.3. The number of rotatable bonds is 5. The van der Waals surface area contributed by atoms with Crippen LogP contribution in [-0.2, 0) is 6.42 Å². The van der Waals surface area contributed by atoms with E-state index in [-0.39, 0.29) is 24.0 Å².